The van der Waals surface area contributed by atoms with Gasteiger partial charge in [0.05, 0.1) is 18.6 Å². The molecule has 0 aromatic heterocycles. The molecule has 1 fully saturated rings. The van der Waals surface area contributed by atoms with Crippen LogP contribution in [0.25, 0.3) is 0 Å². The summed E-state index contributed by atoms with van der Waals surface area (Å²) in [6.07, 6.45) is 3.00. The molecule has 0 amide bonds. The van der Waals surface area contributed by atoms with E-state index in [0.717, 1.165) is 19.3 Å². The van der Waals surface area contributed by atoms with Crippen molar-refractivity contribution in [1.29, 1.82) is 5.26 Å². The lowest BCUT2D eigenvalue weighted by atomic mass is 9.74. The zero-order valence-electron chi connectivity index (χ0n) is 13.3. The molecule has 1 aromatic rings. The van der Waals surface area contributed by atoms with Crippen LogP contribution >= 0.6 is 0 Å². The van der Waals surface area contributed by atoms with Gasteiger partial charge in [-0.2, -0.15) is 5.26 Å². The van der Waals surface area contributed by atoms with E-state index in [4.69, 9.17) is 0 Å². The molecule has 1 saturated carbocycles. The first-order chi connectivity index (χ1) is 9.99. The number of aliphatic hydroxyl groups excluding tert-OH is 1. The Labute approximate surface area is 128 Å². The van der Waals surface area contributed by atoms with Crippen LogP contribution in [0, 0.1) is 17.2 Å². The number of likely N-dealkylation sites (N-methyl/N-ethyl adjacent to an activating group) is 1. The van der Waals surface area contributed by atoms with Gasteiger partial charge in [0.25, 0.3) is 0 Å². The van der Waals surface area contributed by atoms with E-state index in [1.807, 2.05) is 27.0 Å². The SMILES string of the molecule is CN(C1CC(c2ccccc2)CCC1C#N)C(C)(C)CO. The Morgan fingerprint density at radius 2 is 1.95 bits per heavy atom. The van der Waals surface area contributed by atoms with Crippen LogP contribution in [0.5, 0.6) is 0 Å². The number of benzene rings is 1. The first-order valence-electron chi connectivity index (χ1n) is 7.78. The molecule has 0 radical (unpaired) electrons. The minimum Gasteiger partial charge on any atom is -0.394 e. The number of aliphatic hydroxyl groups is 1. The quantitative estimate of drug-likeness (QED) is 0.925. The van der Waals surface area contributed by atoms with Crippen molar-refractivity contribution in [2.45, 2.75) is 50.6 Å². The van der Waals surface area contributed by atoms with Gasteiger partial charge in [0.15, 0.2) is 0 Å². The highest BCUT2D eigenvalue weighted by atomic mass is 16.3. The van der Waals surface area contributed by atoms with Crippen molar-refractivity contribution in [3.05, 3.63) is 35.9 Å². The zero-order valence-corrected chi connectivity index (χ0v) is 13.3. The predicted octanol–water partition coefficient (Wildman–Crippen LogP) is 3.17. The van der Waals surface area contributed by atoms with Crippen molar-refractivity contribution >= 4 is 0 Å². The number of nitrogens with zero attached hydrogens (tertiary/aromatic N) is 2. The Balaban J connectivity index is 2.19. The van der Waals surface area contributed by atoms with Crippen molar-refractivity contribution in [2.75, 3.05) is 13.7 Å². The fourth-order valence-corrected chi connectivity index (χ4v) is 3.31. The molecular weight excluding hydrogens is 260 g/mol. The lowest BCUT2D eigenvalue weighted by molar-refractivity contribution is 0.0150. The lowest BCUT2D eigenvalue weighted by Gasteiger charge is -2.45. The lowest BCUT2D eigenvalue weighted by Crippen LogP contribution is -2.53. The molecule has 0 heterocycles. The van der Waals surface area contributed by atoms with Crippen LogP contribution < -0.4 is 0 Å². The van der Waals surface area contributed by atoms with Gasteiger partial charge in [-0.25, -0.2) is 0 Å². The number of rotatable bonds is 4. The van der Waals surface area contributed by atoms with Gasteiger partial charge in [-0.15, -0.1) is 0 Å². The van der Waals surface area contributed by atoms with Crippen LogP contribution in [0.2, 0.25) is 0 Å². The molecule has 0 saturated heterocycles. The van der Waals surface area contributed by atoms with E-state index in [1.54, 1.807) is 0 Å². The standard InChI is InChI=1S/C18H26N2O/c1-18(2,13-21)20(3)17-11-15(9-10-16(17)12-19)14-7-5-4-6-8-14/h4-8,15-17,21H,9-11,13H2,1-3H3. The number of hydrogen-bond donors (Lipinski definition) is 1. The zero-order chi connectivity index (χ0) is 15.5. The molecule has 0 spiro atoms. The third kappa shape index (κ3) is 3.45. The Morgan fingerprint density at radius 3 is 2.52 bits per heavy atom. The van der Waals surface area contributed by atoms with Crippen molar-refractivity contribution in [1.82, 2.24) is 4.90 Å². The van der Waals surface area contributed by atoms with Crippen LogP contribution in [0.15, 0.2) is 30.3 Å². The molecular formula is C18H26N2O. The summed E-state index contributed by atoms with van der Waals surface area (Å²) in [7, 11) is 2.04. The second-order valence-corrected chi connectivity index (χ2v) is 6.81. The van der Waals surface area contributed by atoms with E-state index < -0.39 is 0 Å². The largest absolute Gasteiger partial charge is 0.394 e. The average Bonchev–Trinajstić information content (AvgIpc) is 2.54. The molecule has 1 aromatic carbocycles. The van der Waals surface area contributed by atoms with Gasteiger partial charge in [0.2, 0.25) is 0 Å². The molecule has 0 bridgehead atoms. The summed E-state index contributed by atoms with van der Waals surface area (Å²) in [5.41, 5.74) is 1.08. The maximum Gasteiger partial charge on any atom is 0.0672 e. The van der Waals surface area contributed by atoms with Crippen molar-refractivity contribution in [2.24, 2.45) is 5.92 Å². The Morgan fingerprint density at radius 1 is 1.29 bits per heavy atom. The fourth-order valence-electron chi connectivity index (χ4n) is 3.31. The van der Waals surface area contributed by atoms with Gasteiger partial charge in [-0.3, -0.25) is 4.90 Å². The predicted molar refractivity (Wildman–Crippen MR) is 84.9 cm³/mol. The number of nitriles is 1. The molecule has 114 valence electrons. The maximum absolute atomic E-state index is 9.61. The molecule has 3 nitrogen and oxygen atoms in total. The van der Waals surface area contributed by atoms with E-state index in [-0.39, 0.29) is 24.1 Å². The fraction of sp³-hybridized carbons (Fsp3) is 0.611. The highest BCUT2D eigenvalue weighted by Gasteiger charge is 2.38. The van der Waals surface area contributed by atoms with E-state index in [1.165, 1.54) is 5.56 Å². The van der Waals surface area contributed by atoms with E-state index in [0.29, 0.717) is 5.92 Å². The van der Waals surface area contributed by atoms with Gasteiger partial charge >= 0.3 is 0 Å². The van der Waals surface area contributed by atoms with Crippen molar-refractivity contribution in [3.8, 4) is 6.07 Å². The minimum atomic E-state index is -0.293. The molecule has 1 aliphatic rings. The van der Waals surface area contributed by atoms with Crippen LogP contribution in [0.1, 0.15) is 44.6 Å². The van der Waals surface area contributed by atoms with Crippen LogP contribution in [0.4, 0.5) is 0 Å². The van der Waals surface area contributed by atoms with E-state index in [2.05, 4.69) is 35.2 Å². The summed E-state index contributed by atoms with van der Waals surface area (Å²) in [4.78, 5) is 2.20. The molecule has 21 heavy (non-hydrogen) atoms. The average molecular weight is 286 g/mol. The monoisotopic (exact) mass is 286 g/mol. The van der Waals surface area contributed by atoms with Crippen LogP contribution in [-0.4, -0.2) is 35.2 Å². The summed E-state index contributed by atoms with van der Waals surface area (Å²) in [6.45, 7) is 4.18. The smallest absolute Gasteiger partial charge is 0.0672 e. The molecule has 3 atom stereocenters. The molecule has 3 heteroatoms. The second-order valence-electron chi connectivity index (χ2n) is 6.81. The second kappa shape index (κ2) is 6.60. The third-order valence-corrected chi connectivity index (χ3v) is 5.09. The number of hydrogen-bond acceptors (Lipinski definition) is 3. The summed E-state index contributed by atoms with van der Waals surface area (Å²) in [5.74, 6) is 0.568. The third-order valence-electron chi connectivity index (χ3n) is 5.09. The molecule has 0 aliphatic heterocycles. The van der Waals surface area contributed by atoms with Gasteiger partial charge in [-0.1, -0.05) is 30.3 Å². The topological polar surface area (TPSA) is 47.3 Å². The minimum absolute atomic E-state index is 0.0563. The van der Waals surface area contributed by atoms with Gasteiger partial charge < -0.3 is 5.11 Å². The first-order valence-corrected chi connectivity index (χ1v) is 7.78. The molecule has 1 N–H and O–H groups in total. The van der Waals surface area contributed by atoms with Gasteiger partial charge in [0.1, 0.15) is 0 Å². The van der Waals surface area contributed by atoms with Crippen molar-refractivity contribution in [3.63, 3.8) is 0 Å². The Hall–Kier alpha value is -1.37. The van der Waals surface area contributed by atoms with Crippen LogP contribution in [-0.2, 0) is 0 Å². The molecule has 3 unspecified atom stereocenters. The highest BCUT2D eigenvalue weighted by molar-refractivity contribution is 5.21. The summed E-state index contributed by atoms with van der Waals surface area (Å²) in [5, 5.41) is 19.1. The van der Waals surface area contributed by atoms with Crippen LogP contribution in [0.3, 0.4) is 0 Å². The summed E-state index contributed by atoms with van der Waals surface area (Å²) >= 11 is 0. The Kier molecular flexibility index (Phi) is 5.03. The normalized spacial score (nSPS) is 26.6. The van der Waals surface area contributed by atoms with Crippen molar-refractivity contribution < 1.29 is 5.11 Å². The molecule has 2 rings (SSSR count). The highest BCUT2D eigenvalue weighted by Crippen LogP contribution is 2.39. The summed E-state index contributed by atoms with van der Waals surface area (Å²) < 4.78 is 0. The Bertz CT molecular complexity index is 492. The first kappa shape index (κ1) is 16.0. The van der Waals surface area contributed by atoms with E-state index >= 15 is 0 Å². The van der Waals surface area contributed by atoms with E-state index in [9.17, 15) is 10.4 Å². The van der Waals surface area contributed by atoms with Gasteiger partial charge in [-0.05, 0) is 51.6 Å². The van der Waals surface area contributed by atoms with Gasteiger partial charge in [0, 0.05) is 11.6 Å². The molecule has 1 aliphatic carbocycles. The maximum atomic E-state index is 9.61. The summed E-state index contributed by atoms with van der Waals surface area (Å²) in [6, 6.07) is 13.3.